The van der Waals surface area contributed by atoms with E-state index < -0.39 is 11.8 Å². The van der Waals surface area contributed by atoms with Crippen LogP contribution in [-0.2, 0) is 9.59 Å². The van der Waals surface area contributed by atoms with Crippen LogP contribution in [-0.4, -0.2) is 28.6 Å². The molecule has 33 heavy (non-hydrogen) atoms. The van der Waals surface area contributed by atoms with Crippen molar-refractivity contribution in [3.8, 4) is 11.4 Å². The van der Waals surface area contributed by atoms with E-state index in [4.69, 9.17) is 17.0 Å². The summed E-state index contributed by atoms with van der Waals surface area (Å²) < 4.78 is 7.42. The lowest BCUT2D eigenvalue weighted by Gasteiger charge is -2.30. The maximum absolute atomic E-state index is 13.5. The van der Waals surface area contributed by atoms with E-state index >= 15 is 0 Å². The SMILES string of the molecule is COc1cccc(-n2c(C)cc(/C=C3/C(=O)NC(=S)N(c4cccc(C)c4C)C3=O)c2C)c1. The standard InChI is InChI=1S/C26H25N3O3S/c1-15-8-6-11-23(17(15)3)29-25(31)22(24(30)27-26(29)33)13-19-12-16(2)28(18(19)4)20-9-7-10-21(14-20)32-5/h6-14H,1-5H3,(H,27,30,33)/b22-13-. The number of aromatic nitrogens is 1. The van der Waals surface area contributed by atoms with E-state index in [0.29, 0.717) is 5.69 Å². The molecular weight excluding hydrogens is 434 g/mol. The monoisotopic (exact) mass is 459 g/mol. The van der Waals surface area contributed by atoms with Crippen molar-refractivity contribution < 1.29 is 14.3 Å². The van der Waals surface area contributed by atoms with Crippen molar-refractivity contribution in [3.63, 3.8) is 0 Å². The van der Waals surface area contributed by atoms with Crippen molar-refractivity contribution in [2.24, 2.45) is 0 Å². The molecule has 4 rings (SSSR count). The van der Waals surface area contributed by atoms with Crippen molar-refractivity contribution in [2.45, 2.75) is 27.7 Å². The molecule has 0 atom stereocenters. The number of nitrogens with zero attached hydrogens (tertiary/aromatic N) is 2. The Bertz CT molecular complexity index is 1340. The Morgan fingerprint density at radius 2 is 1.73 bits per heavy atom. The van der Waals surface area contributed by atoms with Gasteiger partial charge in [-0.25, -0.2) is 0 Å². The highest BCUT2D eigenvalue weighted by Crippen LogP contribution is 2.29. The minimum atomic E-state index is -0.502. The second-order valence-corrected chi connectivity index (χ2v) is 8.43. The number of carbonyl (C=O) groups excluding carboxylic acids is 2. The Morgan fingerprint density at radius 3 is 2.45 bits per heavy atom. The molecule has 2 amide bonds. The fourth-order valence-corrected chi connectivity index (χ4v) is 4.36. The van der Waals surface area contributed by atoms with Crippen LogP contribution in [0, 0.1) is 27.7 Å². The molecule has 0 spiro atoms. The molecule has 1 saturated heterocycles. The minimum Gasteiger partial charge on any atom is -0.497 e. The molecule has 2 heterocycles. The topological polar surface area (TPSA) is 63.6 Å². The molecule has 0 unspecified atom stereocenters. The highest BCUT2D eigenvalue weighted by atomic mass is 32.1. The third-order valence-electron chi connectivity index (χ3n) is 6.00. The number of nitrogens with one attached hydrogen (secondary N) is 1. The van der Waals surface area contributed by atoms with Crippen molar-refractivity contribution in [1.29, 1.82) is 0 Å². The Morgan fingerprint density at radius 1 is 1.00 bits per heavy atom. The van der Waals surface area contributed by atoms with Gasteiger partial charge in [0.2, 0.25) is 0 Å². The number of amides is 2. The lowest BCUT2D eigenvalue weighted by atomic mass is 10.0. The summed E-state index contributed by atoms with van der Waals surface area (Å²) in [5, 5.41) is 2.75. The molecule has 1 aliphatic heterocycles. The zero-order valence-electron chi connectivity index (χ0n) is 19.2. The predicted molar refractivity (Wildman–Crippen MR) is 134 cm³/mol. The maximum atomic E-state index is 13.5. The zero-order chi connectivity index (χ0) is 23.9. The molecule has 7 heteroatoms. The van der Waals surface area contributed by atoms with Crippen LogP contribution in [0.4, 0.5) is 5.69 Å². The minimum absolute atomic E-state index is 0.0374. The third kappa shape index (κ3) is 3.96. The van der Waals surface area contributed by atoms with Gasteiger partial charge in [-0.1, -0.05) is 18.2 Å². The van der Waals surface area contributed by atoms with Crippen LogP contribution in [0.15, 0.2) is 54.1 Å². The van der Waals surface area contributed by atoms with Crippen molar-refractivity contribution >= 4 is 40.9 Å². The molecule has 168 valence electrons. The van der Waals surface area contributed by atoms with Gasteiger partial charge in [0.25, 0.3) is 11.8 Å². The molecule has 6 nitrogen and oxygen atoms in total. The van der Waals surface area contributed by atoms with Gasteiger partial charge in [-0.15, -0.1) is 0 Å². The second kappa shape index (κ2) is 8.67. The highest BCUT2D eigenvalue weighted by molar-refractivity contribution is 7.80. The largest absolute Gasteiger partial charge is 0.497 e. The number of anilines is 1. The summed E-state index contributed by atoms with van der Waals surface area (Å²) in [6.45, 7) is 7.84. The molecule has 0 saturated carbocycles. The molecule has 1 N–H and O–H groups in total. The van der Waals surface area contributed by atoms with E-state index in [1.165, 1.54) is 4.90 Å². The molecule has 0 aliphatic carbocycles. The maximum Gasteiger partial charge on any atom is 0.270 e. The van der Waals surface area contributed by atoms with Crippen LogP contribution in [0.3, 0.4) is 0 Å². The Kier molecular flexibility index (Phi) is 5.91. The number of carbonyl (C=O) groups is 2. The van der Waals surface area contributed by atoms with E-state index in [9.17, 15) is 9.59 Å². The fourth-order valence-electron chi connectivity index (χ4n) is 4.09. The molecule has 1 fully saturated rings. The lowest BCUT2D eigenvalue weighted by Crippen LogP contribution is -2.54. The number of thiocarbonyl (C=S) groups is 1. The summed E-state index contributed by atoms with van der Waals surface area (Å²) in [5.41, 5.74) is 6.26. The Balaban J connectivity index is 1.78. The number of ether oxygens (including phenoxy) is 1. The molecule has 3 aromatic rings. The van der Waals surface area contributed by atoms with Crippen molar-refractivity contribution in [3.05, 3.63) is 82.2 Å². The van der Waals surface area contributed by atoms with Crippen molar-refractivity contribution in [2.75, 3.05) is 12.0 Å². The van der Waals surface area contributed by atoms with Gasteiger partial charge in [0.05, 0.1) is 12.8 Å². The summed E-state index contributed by atoms with van der Waals surface area (Å²) >= 11 is 5.35. The van der Waals surface area contributed by atoms with Crippen LogP contribution in [0.2, 0.25) is 0 Å². The van der Waals surface area contributed by atoms with Gasteiger partial charge in [0.1, 0.15) is 11.3 Å². The molecule has 0 bridgehead atoms. The predicted octanol–water partition coefficient (Wildman–Crippen LogP) is 4.55. The van der Waals surface area contributed by atoms with Crippen LogP contribution in [0.25, 0.3) is 11.8 Å². The number of hydrogen-bond donors (Lipinski definition) is 1. The normalized spacial score (nSPS) is 15.2. The first kappa shape index (κ1) is 22.5. The zero-order valence-corrected chi connectivity index (χ0v) is 20.0. The number of aryl methyl sites for hydroxylation is 2. The molecule has 0 radical (unpaired) electrons. The quantitative estimate of drug-likeness (QED) is 0.353. The molecule has 2 aromatic carbocycles. The number of hydrogen-bond acceptors (Lipinski definition) is 4. The van der Waals surface area contributed by atoms with E-state index in [-0.39, 0.29) is 10.7 Å². The number of benzene rings is 2. The third-order valence-corrected chi connectivity index (χ3v) is 6.28. The van der Waals surface area contributed by atoms with E-state index in [1.807, 2.05) is 76.2 Å². The highest BCUT2D eigenvalue weighted by Gasteiger charge is 2.35. The summed E-state index contributed by atoms with van der Waals surface area (Å²) in [6, 6.07) is 15.4. The first-order valence-corrected chi connectivity index (χ1v) is 10.9. The van der Waals surface area contributed by atoms with Gasteiger partial charge in [-0.3, -0.25) is 19.8 Å². The van der Waals surface area contributed by atoms with Gasteiger partial charge >= 0.3 is 0 Å². The van der Waals surface area contributed by atoms with Crippen molar-refractivity contribution in [1.82, 2.24) is 9.88 Å². The second-order valence-electron chi connectivity index (χ2n) is 8.04. The van der Waals surface area contributed by atoms with Crippen LogP contribution < -0.4 is 15.0 Å². The first-order chi connectivity index (χ1) is 15.7. The van der Waals surface area contributed by atoms with Gasteiger partial charge in [-0.2, -0.15) is 0 Å². The summed E-state index contributed by atoms with van der Waals surface area (Å²) in [7, 11) is 1.63. The van der Waals surface area contributed by atoms with Crippen LogP contribution in [0.1, 0.15) is 28.1 Å². The lowest BCUT2D eigenvalue weighted by molar-refractivity contribution is -0.122. The van der Waals surface area contributed by atoms with E-state index in [1.54, 1.807) is 13.2 Å². The summed E-state index contributed by atoms with van der Waals surface area (Å²) in [6.07, 6.45) is 1.64. The number of rotatable bonds is 4. The summed E-state index contributed by atoms with van der Waals surface area (Å²) in [4.78, 5) is 27.6. The van der Waals surface area contributed by atoms with E-state index in [0.717, 1.165) is 39.5 Å². The molecule has 1 aromatic heterocycles. The fraction of sp³-hybridized carbons (Fsp3) is 0.192. The van der Waals surface area contributed by atoms with Gasteiger partial charge < -0.3 is 9.30 Å². The number of methoxy groups -OCH3 is 1. The van der Waals surface area contributed by atoms with Gasteiger partial charge in [0, 0.05) is 23.1 Å². The smallest absolute Gasteiger partial charge is 0.270 e. The van der Waals surface area contributed by atoms with Crippen LogP contribution >= 0.6 is 12.2 Å². The van der Waals surface area contributed by atoms with Crippen LogP contribution in [0.5, 0.6) is 5.75 Å². The molecule has 1 aliphatic rings. The van der Waals surface area contributed by atoms with Gasteiger partial charge in [-0.05, 0) is 86.9 Å². The first-order valence-electron chi connectivity index (χ1n) is 10.5. The molecular formula is C26H25N3O3S. The average Bonchev–Trinajstić information content (AvgIpc) is 3.06. The van der Waals surface area contributed by atoms with Gasteiger partial charge in [0.15, 0.2) is 5.11 Å². The summed E-state index contributed by atoms with van der Waals surface area (Å²) in [5.74, 6) is -0.194. The Hall–Kier alpha value is -3.71. The average molecular weight is 460 g/mol. The van der Waals surface area contributed by atoms with E-state index in [2.05, 4.69) is 9.88 Å². The Labute approximate surface area is 198 Å².